The van der Waals surface area contributed by atoms with Gasteiger partial charge in [-0.25, -0.2) is 0 Å². The minimum absolute atomic E-state index is 0.539. The predicted octanol–water partition coefficient (Wildman–Crippen LogP) is 2.35. The lowest BCUT2D eigenvalue weighted by Gasteiger charge is -2.12. The fourth-order valence-corrected chi connectivity index (χ4v) is 0.785. The van der Waals surface area contributed by atoms with Crippen LogP contribution in [-0.2, 0) is 0 Å². The van der Waals surface area contributed by atoms with E-state index in [0.717, 1.165) is 6.54 Å². The average molecular weight is 153 g/mol. The van der Waals surface area contributed by atoms with E-state index in [9.17, 15) is 0 Å². The van der Waals surface area contributed by atoms with E-state index in [4.69, 9.17) is 0 Å². The molecule has 0 heterocycles. The van der Waals surface area contributed by atoms with Crippen molar-refractivity contribution in [2.45, 2.75) is 33.7 Å². The molecule has 0 aromatic rings. The van der Waals surface area contributed by atoms with Gasteiger partial charge in [0.05, 0.1) is 0 Å². The third-order valence-corrected chi connectivity index (χ3v) is 1.62. The third-order valence-electron chi connectivity index (χ3n) is 1.62. The van der Waals surface area contributed by atoms with E-state index < -0.39 is 0 Å². The van der Waals surface area contributed by atoms with Crippen molar-refractivity contribution in [2.75, 3.05) is 6.54 Å². The van der Waals surface area contributed by atoms with Gasteiger partial charge < -0.3 is 5.32 Å². The van der Waals surface area contributed by atoms with Crippen LogP contribution in [0, 0.1) is 5.92 Å². The van der Waals surface area contributed by atoms with Gasteiger partial charge in [-0.3, -0.25) is 0 Å². The highest BCUT2D eigenvalue weighted by molar-refractivity contribution is 5.04. The monoisotopic (exact) mass is 153 g/mol. The van der Waals surface area contributed by atoms with Gasteiger partial charge in [0.15, 0.2) is 0 Å². The van der Waals surface area contributed by atoms with E-state index >= 15 is 0 Å². The lowest BCUT2D eigenvalue weighted by Crippen LogP contribution is -2.26. The second-order valence-corrected chi connectivity index (χ2v) is 3.39. The summed E-state index contributed by atoms with van der Waals surface area (Å²) in [5.41, 5.74) is 4.22. The topological polar surface area (TPSA) is 12.0 Å². The molecule has 0 atom stereocenters. The SMILES string of the molecule is C=C=C(CNC(C)C)C(C)C. The Morgan fingerprint density at radius 3 is 2.18 bits per heavy atom. The molecule has 0 spiro atoms. The molecular weight excluding hydrogens is 134 g/mol. The number of rotatable bonds is 4. The number of hydrogen-bond acceptors (Lipinski definition) is 1. The Hall–Kier alpha value is -0.520. The molecule has 1 nitrogen and oxygen atoms in total. The Bertz CT molecular complexity index is 150. The highest BCUT2D eigenvalue weighted by Crippen LogP contribution is 2.05. The summed E-state index contributed by atoms with van der Waals surface area (Å²) < 4.78 is 0. The van der Waals surface area contributed by atoms with E-state index in [1.807, 2.05) is 0 Å². The van der Waals surface area contributed by atoms with Crippen molar-refractivity contribution < 1.29 is 0 Å². The molecule has 0 radical (unpaired) electrons. The minimum Gasteiger partial charge on any atom is -0.310 e. The van der Waals surface area contributed by atoms with Crippen LogP contribution in [0.4, 0.5) is 0 Å². The molecule has 0 fully saturated rings. The lowest BCUT2D eigenvalue weighted by atomic mass is 10.0. The second kappa shape index (κ2) is 5.17. The fourth-order valence-electron chi connectivity index (χ4n) is 0.785. The molecule has 0 rings (SSSR count). The predicted molar refractivity (Wildman–Crippen MR) is 50.6 cm³/mol. The van der Waals surface area contributed by atoms with Crippen molar-refractivity contribution in [1.82, 2.24) is 5.32 Å². The number of nitrogens with one attached hydrogen (secondary N) is 1. The Labute approximate surface area is 70.2 Å². The number of hydrogen-bond donors (Lipinski definition) is 1. The Kier molecular flexibility index (Phi) is 4.93. The maximum atomic E-state index is 3.66. The molecule has 0 aliphatic carbocycles. The van der Waals surface area contributed by atoms with Crippen molar-refractivity contribution in [2.24, 2.45) is 5.92 Å². The van der Waals surface area contributed by atoms with Gasteiger partial charge in [0.2, 0.25) is 0 Å². The molecule has 0 bridgehead atoms. The Balaban J connectivity index is 3.82. The van der Waals surface area contributed by atoms with Gasteiger partial charge >= 0.3 is 0 Å². The van der Waals surface area contributed by atoms with Gasteiger partial charge in [-0.2, -0.15) is 0 Å². The van der Waals surface area contributed by atoms with Crippen LogP contribution in [0.5, 0.6) is 0 Å². The standard InChI is InChI=1S/C10H19N/c1-6-10(8(2)3)7-11-9(4)5/h8-9,11H,1,7H2,2-5H3. The van der Waals surface area contributed by atoms with Gasteiger partial charge in [0.1, 0.15) is 0 Å². The van der Waals surface area contributed by atoms with Gasteiger partial charge in [-0.1, -0.05) is 34.3 Å². The van der Waals surface area contributed by atoms with E-state index in [-0.39, 0.29) is 0 Å². The molecule has 0 aromatic carbocycles. The van der Waals surface area contributed by atoms with Crippen LogP contribution in [0.3, 0.4) is 0 Å². The van der Waals surface area contributed by atoms with Crippen LogP contribution >= 0.6 is 0 Å². The largest absolute Gasteiger partial charge is 0.310 e. The van der Waals surface area contributed by atoms with Crippen LogP contribution in [0.2, 0.25) is 0 Å². The van der Waals surface area contributed by atoms with Crippen LogP contribution < -0.4 is 5.32 Å². The first-order chi connectivity index (χ1) is 5.07. The summed E-state index contributed by atoms with van der Waals surface area (Å²) >= 11 is 0. The van der Waals surface area contributed by atoms with Crippen molar-refractivity contribution in [3.63, 3.8) is 0 Å². The smallest absolute Gasteiger partial charge is 0.0244 e. The molecule has 0 aliphatic heterocycles. The first kappa shape index (κ1) is 10.5. The van der Waals surface area contributed by atoms with Gasteiger partial charge in [0, 0.05) is 12.6 Å². The zero-order valence-corrected chi connectivity index (χ0v) is 8.07. The van der Waals surface area contributed by atoms with Crippen molar-refractivity contribution in [3.05, 3.63) is 17.9 Å². The molecule has 1 heteroatoms. The van der Waals surface area contributed by atoms with Gasteiger partial charge in [-0.15, -0.1) is 5.73 Å². The van der Waals surface area contributed by atoms with E-state index in [2.05, 4.69) is 45.3 Å². The summed E-state index contributed by atoms with van der Waals surface area (Å²) in [6.45, 7) is 13.2. The normalized spacial score (nSPS) is 10.4. The zero-order chi connectivity index (χ0) is 8.85. The third kappa shape index (κ3) is 4.83. The molecular formula is C10H19N. The van der Waals surface area contributed by atoms with E-state index in [1.54, 1.807) is 0 Å². The van der Waals surface area contributed by atoms with Crippen molar-refractivity contribution in [1.29, 1.82) is 0 Å². The van der Waals surface area contributed by atoms with E-state index in [1.165, 1.54) is 5.57 Å². The quantitative estimate of drug-likeness (QED) is 0.611. The summed E-state index contributed by atoms with van der Waals surface area (Å²) in [6.07, 6.45) is 0. The molecule has 0 amide bonds. The highest BCUT2D eigenvalue weighted by Gasteiger charge is 2.01. The molecule has 1 N–H and O–H groups in total. The molecule has 0 aromatic heterocycles. The maximum Gasteiger partial charge on any atom is 0.0244 e. The van der Waals surface area contributed by atoms with Crippen LogP contribution in [0.25, 0.3) is 0 Å². The van der Waals surface area contributed by atoms with Crippen LogP contribution in [0.1, 0.15) is 27.7 Å². The molecule has 0 saturated heterocycles. The summed E-state index contributed by atoms with van der Waals surface area (Å²) in [6, 6.07) is 0.539. The first-order valence-electron chi connectivity index (χ1n) is 4.20. The zero-order valence-electron chi connectivity index (χ0n) is 8.07. The van der Waals surface area contributed by atoms with Crippen LogP contribution in [-0.4, -0.2) is 12.6 Å². The lowest BCUT2D eigenvalue weighted by molar-refractivity contribution is 0.591. The summed E-state index contributed by atoms with van der Waals surface area (Å²) in [5, 5.41) is 3.34. The second-order valence-electron chi connectivity index (χ2n) is 3.39. The maximum absolute atomic E-state index is 3.66. The fraction of sp³-hybridized carbons (Fsp3) is 0.700. The summed E-state index contributed by atoms with van der Waals surface area (Å²) in [4.78, 5) is 0. The molecule has 11 heavy (non-hydrogen) atoms. The van der Waals surface area contributed by atoms with Crippen LogP contribution in [0.15, 0.2) is 17.9 Å². The Morgan fingerprint density at radius 1 is 1.36 bits per heavy atom. The van der Waals surface area contributed by atoms with Gasteiger partial charge in [0.25, 0.3) is 0 Å². The van der Waals surface area contributed by atoms with Gasteiger partial charge in [-0.05, 0) is 11.5 Å². The molecule has 0 saturated carbocycles. The van der Waals surface area contributed by atoms with E-state index in [0.29, 0.717) is 12.0 Å². The van der Waals surface area contributed by atoms with Crippen molar-refractivity contribution in [3.8, 4) is 0 Å². The molecule has 0 aliphatic rings. The first-order valence-corrected chi connectivity index (χ1v) is 4.20. The minimum atomic E-state index is 0.539. The highest BCUT2D eigenvalue weighted by atomic mass is 14.9. The summed E-state index contributed by atoms with van der Waals surface area (Å²) in [5.74, 6) is 0.554. The molecule has 64 valence electrons. The summed E-state index contributed by atoms with van der Waals surface area (Å²) in [7, 11) is 0. The average Bonchev–Trinajstić information content (AvgIpc) is 1.87. The van der Waals surface area contributed by atoms with Crippen molar-refractivity contribution >= 4 is 0 Å². The molecule has 0 unspecified atom stereocenters. The Morgan fingerprint density at radius 2 is 1.91 bits per heavy atom.